The molecule has 6 nitrogen and oxygen atoms in total. The van der Waals surface area contributed by atoms with E-state index >= 15 is 0 Å². The molecule has 0 fully saturated rings. The molecule has 0 radical (unpaired) electrons. The number of hydrogen-bond donors (Lipinski definition) is 1. The summed E-state index contributed by atoms with van der Waals surface area (Å²) >= 11 is 7.82. The van der Waals surface area contributed by atoms with Gasteiger partial charge in [-0.15, -0.1) is 0 Å². The van der Waals surface area contributed by atoms with Gasteiger partial charge in [0.2, 0.25) is 5.91 Å². The number of anilines is 1. The number of nitrogens with zero attached hydrogens (tertiary/aromatic N) is 3. The minimum atomic E-state index is -0.376. The van der Waals surface area contributed by atoms with Gasteiger partial charge in [-0.1, -0.05) is 41.3 Å². The highest BCUT2D eigenvalue weighted by atomic mass is 32.2. The monoisotopic (exact) mass is 458 g/mol. The number of thioether (sulfide) groups is 1. The normalized spacial score (nSPS) is 11.0. The van der Waals surface area contributed by atoms with Gasteiger partial charge in [0, 0.05) is 18.4 Å². The van der Waals surface area contributed by atoms with Gasteiger partial charge >= 0.3 is 0 Å². The maximum atomic E-state index is 13.0. The van der Waals surface area contributed by atoms with Gasteiger partial charge in [-0.2, -0.15) is 0 Å². The van der Waals surface area contributed by atoms with Gasteiger partial charge in [-0.05, 0) is 48.6 Å². The lowest BCUT2D eigenvalue weighted by Crippen LogP contribution is -2.21. The predicted octanol–water partition coefficient (Wildman–Crippen LogP) is 4.39. The second kappa shape index (κ2) is 8.50. The summed E-state index contributed by atoms with van der Waals surface area (Å²) in [6.07, 6.45) is 0. The van der Waals surface area contributed by atoms with Crippen molar-refractivity contribution in [3.8, 4) is 5.69 Å². The third-order valence-electron chi connectivity index (χ3n) is 4.25. The quantitative estimate of drug-likeness (QED) is 0.273. The van der Waals surface area contributed by atoms with Gasteiger partial charge in [0.05, 0.1) is 5.75 Å². The largest absolute Gasteiger partial charge is 0.325 e. The van der Waals surface area contributed by atoms with Crippen LogP contribution >= 0.6 is 35.3 Å². The smallest absolute Gasteiger partial charge is 0.273 e. The standard InChI is InChI=1S/C20H15FN4O2S3/c1-24-18(27)16-17(25(20(28)30-16)14-5-3-2-4-6-14)23-19(24)29-11-15(26)22-13-9-7-12(21)8-10-13/h2-10H,11H2,1H3,(H,22,26). The molecule has 0 bridgehead atoms. The Kier molecular flexibility index (Phi) is 5.80. The number of aromatic nitrogens is 3. The Labute approximate surface area is 184 Å². The van der Waals surface area contributed by atoms with E-state index < -0.39 is 0 Å². The molecule has 0 aliphatic carbocycles. The van der Waals surface area contributed by atoms with Crippen LogP contribution in [0.3, 0.4) is 0 Å². The molecule has 0 saturated heterocycles. The molecule has 1 N–H and O–H groups in total. The number of carbonyl (C=O) groups is 1. The summed E-state index contributed by atoms with van der Waals surface area (Å²) in [5, 5.41) is 3.09. The molecule has 10 heteroatoms. The molecule has 0 spiro atoms. The van der Waals surface area contributed by atoms with Crippen LogP contribution in [-0.4, -0.2) is 25.8 Å². The summed E-state index contributed by atoms with van der Waals surface area (Å²) in [7, 11) is 1.62. The zero-order valence-corrected chi connectivity index (χ0v) is 18.1. The van der Waals surface area contributed by atoms with Crippen molar-refractivity contribution in [2.45, 2.75) is 5.16 Å². The second-order valence-electron chi connectivity index (χ2n) is 6.29. The SMILES string of the molecule is Cn1c(SCC(=O)Nc2ccc(F)cc2)nc2c(sc(=S)n2-c2ccccc2)c1=O. The van der Waals surface area contributed by atoms with E-state index in [1.807, 2.05) is 30.3 Å². The maximum Gasteiger partial charge on any atom is 0.273 e. The number of para-hydroxylation sites is 1. The molecule has 2 aromatic carbocycles. The Morgan fingerprint density at radius 2 is 1.90 bits per heavy atom. The Hall–Kier alpha value is -2.82. The zero-order valence-electron chi connectivity index (χ0n) is 15.7. The Morgan fingerprint density at radius 1 is 1.20 bits per heavy atom. The molecule has 0 atom stereocenters. The molecule has 4 rings (SSSR count). The highest BCUT2D eigenvalue weighted by molar-refractivity contribution is 7.99. The highest BCUT2D eigenvalue weighted by Gasteiger charge is 2.17. The first-order valence-corrected chi connectivity index (χ1v) is 11.0. The lowest BCUT2D eigenvalue weighted by atomic mass is 10.3. The average molecular weight is 459 g/mol. The Bertz CT molecular complexity index is 1340. The van der Waals surface area contributed by atoms with Gasteiger partial charge < -0.3 is 5.32 Å². The van der Waals surface area contributed by atoms with Crippen LogP contribution in [-0.2, 0) is 11.8 Å². The Morgan fingerprint density at radius 3 is 2.60 bits per heavy atom. The van der Waals surface area contributed by atoms with Gasteiger partial charge in [0.25, 0.3) is 5.56 Å². The average Bonchev–Trinajstić information content (AvgIpc) is 3.08. The van der Waals surface area contributed by atoms with E-state index in [0.29, 0.717) is 25.1 Å². The molecule has 1 amide bonds. The van der Waals surface area contributed by atoms with Crippen molar-refractivity contribution in [1.29, 1.82) is 0 Å². The summed E-state index contributed by atoms with van der Waals surface area (Å²) in [5.41, 5.74) is 1.57. The number of fused-ring (bicyclic) bond motifs is 1. The molecule has 4 aromatic rings. The third-order valence-corrected chi connectivity index (χ3v) is 6.63. The van der Waals surface area contributed by atoms with E-state index in [2.05, 4.69) is 10.3 Å². The molecule has 2 aromatic heterocycles. The fraction of sp³-hybridized carbons (Fsp3) is 0.100. The molecule has 0 unspecified atom stereocenters. The first kappa shape index (κ1) is 20.5. The first-order valence-electron chi connectivity index (χ1n) is 8.80. The van der Waals surface area contributed by atoms with E-state index in [1.54, 1.807) is 11.6 Å². The van der Waals surface area contributed by atoms with Gasteiger partial charge in [0.1, 0.15) is 10.5 Å². The molecule has 30 heavy (non-hydrogen) atoms. The molecule has 152 valence electrons. The van der Waals surface area contributed by atoms with Crippen LogP contribution < -0.4 is 10.9 Å². The minimum absolute atomic E-state index is 0.0410. The van der Waals surface area contributed by atoms with Gasteiger partial charge in [-0.25, -0.2) is 9.37 Å². The number of thiazole rings is 1. The second-order valence-corrected chi connectivity index (χ2v) is 8.88. The van der Waals surface area contributed by atoms with Crippen LogP contribution in [0.15, 0.2) is 64.5 Å². The van der Waals surface area contributed by atoms with Crippen LogP contribution in [0.25, 0.3) is 16.0 Å². The summed E-state index contributed by atoms with van der Waals surface area (Å²) in [5.74, 6) is -0.621. The van der Waals surface area contributed by atoms with E-state index in [-0.39, 0.29) is 23.0 Å². The fourth-order valence-electron chi connectivity index (χ4n) is 2.81. The van der Waals surface area contributed by atoms with Crippen molar-refractivity contribution in [1.82, 2.24) is 14.1 Å². The van der Waals surface area contributed by atoms with Crippen molar-refractivity contribution in [2.24, 2.45) is 7.05 Å². The third kappa shape index (κ3) is 4.07. The van der Waals surface area contributed by atoms with Crippen LogP contribution in [0.2, 0.25) is 0 Å². The van der Waals surface area contributed by atoms with Crippen molar-refractivity contribution < 1.29 is 9.18 Å². The minimum Gasteiger partial charge on any atom is -0.325 e. The fourth-order valence-corrected chi connectivity index (χ4v) is 4.92. The number of nitrogens with one attached hydrogen (secondary N) is 1. The van der Waals surface area contributed by atoms with E-state index in [4.69, 9.17) is 12.2 Å². The maximum absolute atomic E-state index is 13.0. The van der Waals surface area contributed by atoms with Crippen LogP contribution in [0.4, 0.5) is 10.1 Å². The number of hydrogen-bond acceptors (Lipinski definition) is 6. The van der Waals surface area contributed by atoms with Crippen molar-refractivity contribution >= 4 is 57.3 Å². The van der Waals surface area contributed by atoms with Gasteiger partial charge in [-0.3, -0.25) is 18.7 Å². The van der Waals surface area contributed by atoms with Crippen molar-refractivity contribution in [3.63, 3.8) is 0 Å². The number of benzene rings is 2. The van der Waals surface area contributed by atoms with Gasteiger partial charge in [0.15, 0.2) is 14.8 Å². The van der Waals surface area contributed by atoms with Crippen molar-refractivity contribution in [2.75, 3.05) is 11.1 Å². The molecule has 0 saturated carbocycles. The summed E-state index contributed by atoms with van der Waals surface area (Å²) in [4.78, 5) is 29.7. The van der Waals surface area contributed by atoms with Crippen LogP contribution in [0.5, 0.6) is 0 Å². The topological polar surface area (TPSA) is 68.9 Å². The molecular formula is C20H15FN4O2S3. The lowest BCUT2D eigenvalue weighted by Gasteiger charge is -2.09. The number of halogens is 1. The molecule has 2 heterocycles. The van der Waals surface area contributed by atoms with E-state index in [9.17, 15) is 14.0 Å². The lowest BCUT2D eigenvalue weighted by molar-refractivity contribution is -0.113. The summed E-state index contributed by atoms with van der Waals surface area (Å²) < 4.78 is 17.2. The Balaban J connectivity index is 1.63. The predicted molar refractivity (Wildman–Crippen MR) is 121 cm³/mol. The first-order chi connectivity index (χ1) is 14.4. The summed E-state index contributed by atoms with van der Waals surface area (Å²) in [6.45, 7) is 0. The van der Waals surface area contributed by atoms with Crippen LogP contribution in [0, 0.1) is 9.77 Å². The van der Waals surface area contributed by atoms with Crippen LogP contribution in [0.1, 0.15) is 0 Å². The number of carbonyl (C=O) groups excluding carboxylic acids is 1. The zero-order chi connectivity index (χ0) is 21.3. The van der Waals surface area contributed by atoms with Crippen molar-refractivity contribution in [3.05, 3.63) is 74.7 Å². The molecule has 0 aliphatic rings. The van der Waals surface area contributed by atoms with E-state index in [1.165, 1.54) is 40.2 Å². The number of amides is 1. The molecule has 0 aliphatic heterocycles. The summed E-state index contributed by atoms with van der Waals surface area (Å²) in [6, 6.07) is 15.0. The molecular weight excluding hydrogens is 443 g/mol. The highest BCUT2D eigenvalue weighted by Crippen LogP contribution is 2.25. The number of rotatable bonds is 5. The van der Waals surface area contributed by atoms with E-state index in [0.717, 1.165) is 17.4 Å².